The van der Waals surface area contributed by atoms with Gasteiger partial charge in [-0.3, -0.25) is 0 Å². The van der Waals surface area contributed by atoms with Crippen LogP contribution in [0.4, 0.5) is 0 Å². The van der Waals surface area contributed by atoms with Crippen LogP contribution in [0.5, 0.6) is 0 Å². The van der Waals surface area contributed by atoms with Crippen molar-refractivity contribution in [1.82, 2.24) is 4.31 Å². The Morgan fingerprint density at radius 1 is 1.06 bits per heavy atom. The SMILES string of the molecule is Cc1cc(S(=O)(=O)N2CCCCC2)c(C)cc1Cl. The molecule has 0 atom stereocenters. The van der Waals surface area contributed by atoms with Crippen molar-refractivity contribution < 1.29 is 8.42 Å². The van der Waals surface area contributed by atoms with Crippen molar-refractivity contribution in [2.75, 3.05) is 13.1 Å². The number of aryl methyl sites for hydroxylation is 2. The maximum atomic E-state index is 12.6. The quantitative estimate of drug-likeness (QED) is 0.838. The van der Waals surface area contributed by atoms with Gasteiger partial charge in [-0.05, 0) is 49.9 Å². The van der Waals surface area contributed by atoms with Crippen LogP contribution in [0.3, 0.4) is 0 Å². The molecular weight excluding hydrogens is 270 g/mol. The van der Waals surface area contributed by atoms with E-state index >= 15 is 0 Å². The molecule has 5 heteroatoms. The summed E-state index contributed by atoms with van der Waals surface area (Å²) in [5, 5.41) is 0.616. The monoisotopic (exact) mass is 287 g/mol. The summed E-state index contributed by atoms with van der Waals surface area (Å²) in [5.74, 6) is 0. The van der Waals surface area contributed by atoms with Gasteiger partial charge in [0.2, 0.25) is 10.0 Å². The summed E-state index contributed by atoms with van der Waals surface area (Å²) in [6.07, 6.45) is 3.01. The Morgan fingerprint density at radius 3 is 2.28 bits per heavy atom. The fourth-order valence-electron chi connectivity index (χ4n) is 2.28. The molecule has 0 aliphatic carbocycles. The van der Waals surface area contributed by atoms with Crippen LogP contribution in [0.1, 0.15) is 30.4 Å². The summed E-state index contributed by atoms with van der Waals surface area (Å²) in [4.78, 5) is 0.395. The van der Waals surface area contributed by atoms with E-state index in [1.165, 1.54) is 0 Å². The molecule has 0 bridgehead atoms. The second-order valence-corrected chi connectivity index (χ2v) is 7.15. The minimum Gasteiger partial charge on any atom is -0.207 e. The third-order valence-electron chi connectivity index (χ3n) is 3.39. The molecule has 0 aromatic heterocycles. The van der Waals surface area contributed by atoms with Crippen molar-refractivity contribution in [1.29, 1.82) is 0 Å². The normalized spacial score (nSPS) is 17.9. The molecule has 0 unspecified atom stereocenters. The van der Waals surface area contributed by atoms with E-state index in [9.17, 15) is 8.42 Å². The number of sulfonamides is 1. The van der Waals surface area contributed by atoms with Gasteiger partial charge in [0.15, 0.2) is 0 Å². The molecule has 1 aliphatic rings. The lowest BCUT2D eigenvalue weighted by Crippen LogP contribution is -2.36. The lowest BCUT2D eigenvalue weighted by molar-refractivity contribution is 0.346. The largest absolute Gasteiger partial charge is 0.243 e. The molecule has 0 saturated carbocycles. The fraction of sp³-hybridized carbons (Fsp3) is 0.538. The van der Waals surface area contributed by atoms with Gasteiger partial charge in [0.1, 0.15) is 0 Å². The van der Waals surface area contributed by atoms with Crippen molar-refractivity contribution in [2.24, 2.45) is 0 Å². The molecule has 3 nitrogen and oxygen atoms in total. The summed E-state index contributed by atoms with van der Waals surface area (Å²) in [6, 6.07) is 3.41. The van der Waals surface area contributed by atoms with E-state index in [0.717, 1.165) is 30.4 Å². The number of piperidine rings is 1. The predicted molar refractivity (Wildman–Crippen MR) is 73.5 cm³/mol. The third-order valence-corrected chi connectivity index (χ3v) is 5.84. The number of hydrogen-bond donors (Lipinski definition) is 0. The first-order valence-corrected chi connectivity index (χ1v) is 8.01. The Bertz CT molecular complexity index is 548. The first kappa shape index (κ1) is 13.8. The van der Waals surface area contributed by atoms with Gasteiger partial charge in [-0.1, -0.05) is 18.0 Å². The van der Waals surface area contributed by atoms with Crippen LogP contribution in [0.15, 0.2) is 17.0 Å². The van der Waals surface area contributed by atoms with Crippen molar-refractivity contribution >= 4 is 21.6 Å². The molecule has 1 aromatic carbocycles. The number of nitrogens with zero attached hydrogens (tertiary/aromatic N) is 1. The molecular formula is C13H18ClNO2S. The second-order valence-electron chi connectivity index (χ2n) is 4.83. The molecule has 2 rings (SSSR count). The average Bonchev–Trinajstić information content (AvgIpc) is 2.34. The van der Waals surface area contributed by atoms with Gasteiger partial charge in [0.25, 0.3) is 0 Å². The van der Waals surface area contributed by atoms with E-state index < -0.39 is 10.0 Å². The minimum atomic E-state index is -3.36. The molecule has 0 spiro atoms. The summed E-state index contributed by atoms with van der Waals surface area (Å²) >= 11 is 6.01. The minimum absolute atomic E-state index is 0.395. The topological polar surface area (TPSA) is 37.4 Å². The summed E-state index contributed by atoms with van der Waals surface area (Å²) < 4.78 is 26.7. The zero-order chi connectivity index (χ0) is 13.3. The van der Waals surface area contributed by atoms with Gasteiger partial charge >= 0.3 is 0 Å². The van der Waals surface area contributed by atoms with Crippen LogP contribution < -0.4 is 0 Å². The molecule has 1 saturated heterocycles. The maximum Gasteiger partial charge on any atom is 0.243 e. The standard InChI is InChI=1S/C13H18ClNO2S/c1-10-9-13(11(2)8-12(10)14)18(16,17)15-6-4-3-5-7-15/h8-9H,3-7H2,1-2H3. The van der Waals surface area contributed by atoms with Crippen molar-refractivity contribution in [3.8, 4) is 0 Å². The number of rotatable bonds is 2. The zero-order valence-electron chi connectivity index (χ0n) is 10.7. The number of halogens is 1. The lowest BCUT2D eigenvalue weighted by Gasteiger charge is -2.26. The summed E-state index contributed by atoms with van der Waals surface area (Å²) in [5.41, 5.74) is 1.52. The summed E-state index contributed by atoms with van der Waals surface area (Å²) in [7, 11) is -3.36. The second kappa shape index (κ2) is 5.19. The van der Waals surface area contributed by atoms with Crippen molar-refractivity contribution in [3.05, 3.63) is 28.3 Å². The van der Waals surface area contributed by atoms with Crippen LogP contribution in [0, 0.1) is 13.8 Å². The predicted octanol–water partition coefficient (Wildman–Crippen LogP) is 3.13. The lowest BCUT2D eigenvalue weighted by atomic mass is 10.2. The highest BCUT2D eigenvalue weighted by atomic mass is 35.5. The first-order valence-electron chi connectivity index (χ1n) is 6.20. The zero-order valence-corrected chi connectivity index (χ0v) is 12.3. The average molecular weight is 288 g/mol. The Hall–Kier alpha value is -0.580. The molecule has 100 valence electrons. The van der Waals surface area contributed by atoms with Gasteiger partial charge in [-0.25, -0.2) is 8.42 Å². The molecule has 0 amide bonds. The van der Waals surface area contributed by atoms with Crippen LogP contribution in [-0.2, 0) is 10.0 Å². The summed E-state index contributed by atoms with van der Waals surface area (Å²) in [6.45, 7) is 4.88. The van der Waals surface area contributed by atoms with Crippen molar-refractivity contribution in [2.45, 2.75) is 38.0 Å². The Morgan fingerprint density at radius 2 is 1.67 bits per heavy atom. The van der Waals surface area contributed by atoms with E-state index in [0.29, 0.717) is 23.0 Å². The van der Waals surface area contributed by atoms with Gasteiger partial charge in [0.05, 0.1) is 4.90 Å². The van der Waals surface area contributed by atoms with E-state index in [-0.39, 0.29) is 0 Å². The van der Waals surface area contributed by atoms with Crippen LogP contribution in [0.2, 0.25) is 5.02 Å². The Kier molecular flexibility index (Phi) is 3.99. The molecule has 18 heavy (non-hydrogen) atoms. The van der Waals surface area contributed by atoms with Gasteiger partial charge < -0.3 is 0 Å². The molecule has 0 N–H and O–H groups in total. The molecule has 1 aromatic rings. The molecule has 1 aliphatic heterocycles. The highest BCUT2D eigenvalue weighted by Gasteiger charge is 2.27. The van der Waals surface area contributed by atoms with Gasteiger partial charge in [-0.15, -0.1) is 0 Å². The van der Waals surface area contributed by atoms with Gasteiger partial charge in [0, 0.05) is 18.1 Å². The van der Waals surface area contributed by atoms with E-state index in [4.69, 9.17) is 11.6 Å². The third kappa shape index (κ3) is 2.56. The van der Waals surface area contributed by atoms with E-state index in [1.54, 1.807) is 23.4 Å². The van der Waals surface area contributed by atoms with E-state index in [1.807, 2.05) is 6.92 Å². The molecule has 1 heterocycles. The highest BCUT2D eigenvalue weighted by molar-refractivity contribution is 7.89. The molecule has 1 fully saturated rings. The molecule has 0 radical (unpaired) electrons. The van der Waals surface area contributed by atoms with Crippen LogP contribution in [-0.4, -0.2) is 25.8 Å². The van der Waals surface area contributed by atoms with Crippen LogP contribution >= 0.6 is 11.6 Å². The highest BCUT2D eigenvalue weighted by Crippen LogP contribution is 2.27. The van der Waals surface area contributed by atoms with Crippen LogP contribution in [0.25, 0.3) is 0 Å². The van der Waals surface area contributed by atoms with Gasteiger partial charge in [-0.2, -0.15) is 4.31 Å². The Labute approximate surface area is 114 Å². The number of benzene rings is 1. The maximum absolute atomic E-state index is 12.6. The van der Waals surface area contributed by atoms with Crippen molar-refractivity contribution in [3.63, 3.8) is 0 Å². The Balaban J connectivity index is 2.43. The number of hydrogen-bond acceptors (Lipinski definition) is 2. The first-order chi connectivity index (χ1) is 8.43. The smallest absolute Gasteiger partial charge is 0.207 e. The fourth-order valence-corrected chi connectivity index (χ4v) is 4.30. The van der Waals surface area contributed by atoms with E-state index in [2.05, 4.69) is 0 Å².